The Morgan fingerprint density at radius 1 is 1.16 bits per heavy atom. The van der Waals surface area contributed by atoms with Crippen molar-refractivity contribution in [3.8, 4) is 0 Å². The number of sulfonamides is 1. The molecule has 1 aliphatic rings. The molecule has 3 aromatic rings. The van der Waals surface area contributed by atoms with Gasteiger partial charge in [-0.3, -0.25) is 4.79 Å². The van der Waals surface area contributed by atoms with Gasteiger partial charge in [0.05, 0.1) is 19.4 Å². The molecule has 1 aromatic carbocycles. The number of thiophene rings is 1. The van der Waals surface area contributed by atoms with E-state index in [1.165, 1.54) is 28.6 Å². The van der Waals surface area contributed by atoms with Crippen LogP contribution in [0, 0.1) is 0 Å². The van der Waals surface area contributed by atoms with E-state index in [2.05, 4.69) is 10.3 Å². The van der Waals surface area contributed by atoms with Gasteiger partial charge in [0.1, 0.15) is 10.3 Å². The molecule has 166 valence electrons. The van der Waals surface area contributed by atoms with Crippen LogP contribution < -0.4 is 5.32 Å². The zero-order valence-corrected chi connectivity index (χ0v) is 20.3. The first-order chi connectivity index (χ1) is 14.6. The Labute approximate surface area is 192 Å². The molecule has 1 unspecified atom stereocenters. The Morgan fingerprint density at radius 3 is 2.61 bits per heavy atom. The fourth-order valence-corrected chi connectivity index (χ4v) is 8.28. The van der Waals surface area contributed by atoms with E-state index >= 15 is 0 Å². The molecular weight excluding hydrogens is 502 g/mol. The van der Waals surface area contributed by atoms with Crippen LogP contribution in [0.15, 0.2) is 39.4 Å². The predicted octanol–water partition coefficient (Wildman–Crippen LogP) is 3.60. The number of fused-ring (bicyclic) bond motifs is 1. The predicted molar refractivity (Wildman–Crippen MR) is 122 cm³/mol. The van der Waals surface area contributed by atoms with E-state index in [-0.39, 0.29) is 20.8 Å². The number of nitrogens with zero attached hydrogens (tertiary/aromatic N) is 2. The van der Waals surface area contributed by atoms with E-state index in [0.29, 0.717) is 27.4 Å². The van der Waals surface area contributed by atoms with E-state index in [0.717, 1.165) is 35.4 Å². The van der Waals surface area contributed by atoms with E-state index in [1.54, 1.807) is 6.07 Å². The van der Waals surface area contributed by atoms with Crippen molar-refractivity contribution in [3.63, 3.8) is 0 Å². The summed E-state index contributed by atoms with van der Waals surface area (Å²) in [5, 5.41) is 2.99. The van der Waals surface area contributed by atoms with Crippen LogP contribution >= 0.6 is 34.3 Å². The molecule has 1 atom stereocenters. The number of benzene rings is 1. The van der Waals surface area contributed by atoms with Crippen LogP contribution in [0.25, 0.3) is 10.2 Å². The number of aromatic nitrogens is 1. The summed E-state index contributed by atoms with van der Waals surface area (Å²) in [6.45, 7) is 0.244. The van der Waals surface area contributed by atoms with Gasteiger partial charge in [-0.2, -0.15) is 4.31 Å². The van der Waals surface area contributed by atoms with Crippen LogP contribution in [0.4, 0.5) is 5.13 Å². The SMILES string of the molecule is CS(=O)(=O)c1ccc2nc(NC(=O)C3CCCCN3S(=O)(=O)c3ccc(Cl)s3)sc2c1. The lowest BCUT2D eigenvalue weighted by Gasteiger charge is -2.32. The van der Waals surface area contributed by atoms with Crippen LogP contribution in [0.2, 0.25) is 4.34 Å². The summed E-state index contributed by atoms with van der Waals surface area (Å²) in [6, 6.07) is 6.65. The minimum atomic E-state index is -3.85. The zero-order chi connectivity index (χ0) is 22.4. The van der Waals surface area contributed by atoms with Crippen LogP contribution in [-0.2, 0) is 24.7 Å². The maximum absolute atomic E-state index is 13.1. The molecule has 0 aliphatic carbocycles. The fourth-order valence-electron chi connectivity index (χ4n) is 3.38. The molecule has 8 nitrogen and oxygen atoms in total. The van der Waals surface area contributed by atoms with Gasteiger partial charge in [-0.05, 0) is 43.2 Å². The number of thiazole rings is 1. The Bertz CT molecular complexity index is 1360. The number of anilines is 1. The van der Waals surface area contributed by atoms with Crippen molar-refractivity contribution in [2.75, 3.05) is 18.1 Å². The van der Waals surface area contributed by atoms with Crippen molar-refractivity contribution in [3.05, 3.63) is 34.7 Å². The highest BCUT2D eigenvalue weighted by Gasteiger charge is 2.38. The normalized spacial score (nSPS) is 18.3. The third-order valence-corrected chi connectivity index (χ3v) is 10.5. The maximum Gasteiger partial charge on any atom is 0.253 e. The largest absolute Gasteiger partial charge is 0.301 e. The average Bonchev–Trinajstić information content (AvgIpc) is 3.32. The van der Waals surface area contributed by atoms with Gasteiger partial charge >= 0.3 is 0 Å². The number of piperidine rings is 1. The van der Waals surface area contributed by atoms with Gasteiger partial charge in [0.25, 0.3) is 10.0 Å². The van der Waals surface area contributed by atoms with Gasteiger partial charge in [0.15, 0.2) is 15.0 Å². The minimum Gasteiger partial charge on any atom is -0.301 e. The van der Waals surface area contributed by atoms with Crippen molar-refractivity contribution in [1.82, 2.24) is 9.29 Å². The van der Waals surface area contributed by atoms with Gasteiger partial charge in [0, 0.05) is 12.8 Å². The number of nitrogens with one attached hydrogen (secondary N) is 1. The highest BCUT2D eigenvalue weighted by Crippen LogP contribution is 2.33. The van der Waals surface area contributed by atoms with Gasteiger partial charge in [-0.15, -0.1) is 11.3 Å². The average molecular weight is 520 g/mol. The fraction of sp³-hybridized carbons (Fsp3) is 0.333. The molecule has 2 aromatic heterocycles. The van der Waals surface area contributed by atoms with Crippen molar-refractivity contribution in [1.29, 1.82) is 0 Å². The van der Waals surface area contributed by atoms with Crippen molar-refractivity contribution in [2.24, 2.45) is 0 Å². The van der Waals surface area contributed by atoms with Crippen molar-refractivity contribution >= 4 is 75.4 Å². The molecule has 0 saturated carbocycles. The number of carbonyl (C=O) groups excluding carboxylic acids is 1. The first-order valence-electron chi connectivity index (χ1n) is 9.24. The summed E-state index contributed by atoms with van der Waals surface area (Å²) < 4.78 is 52.0. The number of hydrogen-bond donors (Lipinski definition) is 1. The number of sulfone groups is 1. The van der Waals surface area contributed by atoms with Crippen LogP contribution in [-0.4, -0.2) is 50.9 Å². The highest BCUT2D eigenvalue weighted by molar-refractivity contribution is 7.91. The highest BCUT2D eigenvalue weighted by atomic mass is 35.5. The maximum atomic E-state index is 13.1. The standard InChI is InChI=1S/C18H18ClN3O5S4/c1-30(24,25)11-5-6-12-14(10-11)28-18(20-12)21-17(23)13-4-2-3-9-22(13)31(26,27)16-8-7-15(19)29-16/h5-8,10,13H,2-4,9H2,1H3,(H,20,21,23). The van der Waals surface area contributed by atoms with E-state index in [4.69, 9.17) is 11.6 Å². The smallest absolute Gasteiger partial charge is 0.253 e. The molecule has 1 N–H and O–H groups in total. The molecule has 0 bridgehead atoms. The third-order valence-electron chi connectivity index (χ3n) is 4.89. The second kappa shape index (κ2) is 8.41. The van der Waals surface area contributed by atoms with Gasteiger partial charge in [-0.1, -0.05) is 29.4 Å². The summed E-state index contributed by atoms with van der Waals surface area (Å²) in [7, 11) is -7.22. The minimum absolute atomic E-state index is 0.102. The van der Waals surface area contributed by atoms with Gasteiger partial charge < -0.3 is 5.32 Å². The van der Waals surface area contributed by atoms with E-state index in [1.807, 2.05) is 0 Å². The van der Waals surface area contributed by atoms with Crippen molar-refractivity contribution < 1.29 is 21.6 Å². The molecule has 0 spiro atoms. The second-order valence-electron chi connectivity index (χ2n) is 7.10. The van der Waals surface area contributed by atoms with E-state index < -0.39 is 31.8 Å². The summed E-state index contributed by atoms with van der Waals surface area (Å²) in [5.74, 6) is -0.465. The van der Waals surface area contributed by atoms with Gasteiger partial charge in [0.2, 0.25) is 5.91 Å². The van der Waals surface area contributed by atoms with Crippen LogP contribution in [0.1, 0.15) is 19.3 Å². The number of amides is 1. The molecule has 31 heavy (non-hydrogen) atoms. The summed E-state index contributed by atoms with van der Waals surface area (Å²) in [4.78, 5) is 17.5. The lowest BCUT2D eigenvalue weighted by atomic mass is 10.0. The quantitative estimate of drug-likeness (QED) is 0.551. The lowest BCUT2D eigenvalue weighted by molar-refractivity contribution is -0.120. The number of rotatable bonds is 5. The van der Waals surface area contributed by atoms with E-state index in [9.17, 15) is 21.6 Å². The molecule has 1 aliphatic heterocycles. The Kier molecular flexibility index (Phi) is 6.14. The molecule has 1 fully saturated rings. The third kappa shape index (κ3) is 4.64. The second-order valence-corrected chi connectivity index (χ2v) is 14.0. The monoisotopic (exact) mass is 519 g/mol. The molecule has 13 heteroatoms. The van der Waals surface area contributed by atoms with Crippen molar-refractivity contribution in [2.45, 2.75) is 34.4 Å². The van der Waals surface area contributed by atoms with Crippen LogP contribution in [0.3, 0.4) is 0 Å². The molecular formula is C18H18ClN3O5S4. The van der Waals surface area contributed by atoms with Gasteiger partial charge in [-0.25, -0.2) is 21.8 Å². The lowest BCUT2D eigenvalue weighted by Crippen LogP contribution is -2.49. The summed E-state index contributed by atoms with van der Waals surface area (Å²) >= 11 is 8.00. The molecule has 0 radical (unpaired) electrons. The molecule has 1 saturated heterocycles. The Hall–Kier alpha value is -1.57. The first kappa shape index (κ1) is 22.6. The topological polar surface area (TPSA) is 114 Å². The van der Waals surface area contributed by atoms with Crippen LogP contribution in [0.5, 0.6) is 0 Å². The number of carbonyl (C=O) groups is 1. The number of halogens is 1. The zero-order valence-electron chi connectivity index (χ0n) is 16.2. The molecule has 1 amide bonds. The summed E-state index contributed by atoms with van der Waals surface area (Å²) in [6.07, 6.45) is 2.91. The Balaban J connectivity index is 1.59. The molecule has 3 heterocycles. The summed E-state index contributed by atoms with van der Waals surface area (Å²) in [5.41, 5.74) is 0.550. The number of hydrogen-bond acceptors (Lipinski definition) is 8. The Morgan fingerprint density at radius 2 is 1.94 bits per heavy atom. The molecule has 4 rings (SSSR count). The first-order valence-corrected chi connectivity index (χ1v) is 14.6.